The third-order valence-corrected chi connectivity index (χ3v) is 6.39. The lowest BCUT2D eigenvalue weighted by molar-refractivity contribution is -0.139. The summed E-state index contributed by atoms with van der Waals surface area (Å²) in [4.78, 5) is 23.9. The SMILES string of the molecule is Cc1ccc(C(=O)NC(CC(C)C)C(=O)O)cc1S(=O)(=O)NC1CCCC1. The molecule has 0 bridgehead atoms. The number of carbonyl (C=O) groups excluding carboxylic acids is 1. The molecule has 0 radical (unpaired) electrons. The quantitative estimate of drug-likeness (QED) is 0.625. The highest BCUT2D eigenvalue weighted by Gasteiger charge is 2.26. The predicted molar refractivity (Wildman–Crippen MR) is 102 cm³/mol. The molecule has 1 aromatic rings. The van der Waals surface area contributed by atoms with Crippen molar-refractivity contribution in [3.63, 3.8) is 0 Å². The maximum atomic E-state index is 12.7. The maximum Gasteiger partial charge on any atom is 0.326 e. The van der Waals surface area contributed by atoms with E-state index < -0.39 is 27.9 Å². The van der Waals surface area contributed by atoms with Gasteiger partial charge in [-0.25, -0.2) is 17.9 Å². The largest absolute Gasteiger partial charge is 0.480 e. The molecule has 1 saturated carbocycles. The molecular formula is C19H28N2O5S. The predicted octanol–water partition coefficient (Wildman–Crippen LogP) is 2.45. The van der Waals surface area contributed by atoms with Gasteiger partial charge in [0.15, 0.2) is 0 Å². The van der Waals surface area contributed by atoms with Crippen LogP contribution in [0.3, 0.4) is 0 Å². The van der Waals surface area contributed by atoms with Crippen molar-refractivity contribution >= 4 is 21.9 Å². The topological polar surface area (TPSA) is 113 Å². The number of carboxylic acids is 1. The van der Waals surface area contributed by atoms with Gasteiger partial charge in [-0.2, -0.15) is 0 Å². The first kappa shape index (κ1) is 21.4. The van der Waals surface area contributed by atoms with Crippen LogP contribution < -0.4 is 10.0 Å². The summed E-state index contributed by atoms with van der Waals surface area (Å²) in [6.45, 7) is 5.41. The van der Waals surface area contributed by atoms with Gasteiger partial charge in [-0.05, 0) is 49.8 Å². The molecule has 1 unspecified atom stereocenters. The fourth-order valence-corrected chi connectivity index (χ4v) is 4.87. The monoisotopic (exact) mass is 396 g/mol. The van der Waals surface area contributed by atoms with Gasteiger partial charge in [0.05, 0.1) is 4.90 Å². The minimum Gasteiger partial charge on any atom is -0.480 e. The number of rotatable bonds is 8. The molecule has 3 N–H and O–H groups in total. The van der Waals surface area contributed by atoms with Crippen LogP contribution in [0.2, 0.25) is 0 Å². The zero-order valence-electron chi connectivity index (χ0n) is 16.0. The van der Waals surface area contributed by atoms with Crippen molar-refractivity contribution in [2.45, 2.75) is 69.9 Å². The van der Waals surface area contributed by atoms with Gasteiger partial charge in [0.1, 0.15) is 6.04 Å². The molecule has 0 saturated heterocycles. The number of nitrogens with one attached hydrogen (secondary N) is 2. The lowest BCUT2D eigenvalue weighted by atomic mass is 10.0. The van der Waals surface area contributed by atoms with E-state index in [0.29, 0.717) is 12.0 Å². The number of amides is 1. The number of benzene rings is 1. The molecule has 8 heteroatoms. The molecule has 1 aromatic carbocycles. The first-order chi connectivity index (χ1) is 12.6. The van der Waals surface area contributed by atoms with Crippen LogP contribution in [0.1, 0.15) is 61.9 Å². The van der Waals surface area contributed by atoms with Crippen molar-refractivity contribution in [2.75, 3.05) is 0 Å². The van der Waals surface area contributed by atoms with Crippen LogP contribution >= 0.6 is 0 Å². The van der Waals surface area contributed by atoms with Crippen molar-refractivity contribution in [3.8, 4) is 0 Å². The zero-order chi connectivity index (χ0) is 20.2. The van der Waals surface area contributed by atoms with Crippen LogP contribution in [0, 0.1) is 12.8 Å². The fraction of sp³-hybridized carbons (Fsp3) is 0.579. The van der Waals surface area contributed by atoms with E-state index in [-0.39, 0.29) is 22.4 Å². The molecule has 1 fully saturated rings. The summed E-state index contributed by atoms with van der Waals surface area (Å²) in [6, 6.07) is 3.30. The Morgan fingerprint density at radius 1 is 1.22 bits per heavy atom. The van der Waals surface area contributed by atoms with E-state index >= 15 is 0 Å². The zero-order valence-corrected chi connectivity index (χ0v) is 16.8. The summed E-state index contributed by atoms with van der Waals surface area (Å²) >= 11 is 0. The van der Waals surface area contributed by atoms with Crippen LogP contribution in [0.4, 0.5) is 0 Å². The Balaban J connectivity index is 2.22. The van der Waals surface area contributed by atoms with E-state index in [9.17, 15) is 23.1 Å². The van der Waals surface area contributed by atoms with Crippen LogP contribution in [-0.4, -0.2) is 37.5 Å². The standard InChI is InChI=1S/C19H28N2O5S/c1-12(2)10-16(19(23)24)20-18(22)14-9-8-13(3)17(11-14)27(25,26)21-15-6-4-5-7-15/h8-9,11-12,15-16,21H,4-7,10H2,1-3H3,(H,20,22)(H,23,24). The van der Waals surface area contributed by atoms with Crippen LogP contribution in [0.25, 0.3) is 0 Å². The minimum atomic E-state index is -3.74. The smallest absolute Gasteiger partial charge is 0.326 e. The van der Waals surface area contributed by atoms with E-state index in [0.717, 1.165) is 25.7 Å². The van der Waals surface area contributed by atoms with E-state index in [1.807, 2.05) is 13.8 Å². The Kier molecular flexibility index (Phi) is 7.00. The van der Waals surface area contributed by atoms with Crippen molar-refractivity contribution < 1.29 is 23.1 Å². The molecule has 1 amide bonds. The van der Waals surface area contributed by atoms with Crippen molar-refractivity contribution in [2.24, 2.45) is 5.92 Å². The number of aryl methyl sites for hydroxylation is 1. The van der Waals surface area contributed by atoms with E-state index in [1.54, 1.807) is 13.0 Å². The minimum absolute atomic E-state index is 0.0535. The van der Waals surface area contributed by atoms with Gasteiger partial charge in [-0.15, -0.1) is 0 Å². The molecule has 27 heavy (non-hydrogen) atoms. The third kappa shape index (κ3) is 5.77. The lowest BCUT2D eigenvalue weighted by Crippen LogP contribution is -2.41. The van der Waals surface area contributed by atoms with E-state index in [1.165, 1.54) is 12.1 Å². The number of aliphatic carboxylic acids is 1. The average Bonchev–Trinajstić information content (AvgIpc) is 3.06. The van der Waals surface area contributed by atoms with Crippen molar-refractivity contribution in [1.82, 2.24) is 10.0 Å². The Hall–Kier alpha value is -1.93. The summed E-state index contributed by atoms with van der Waals surface area (Å²) in [6.07, 6.45) is 3.92. The molecule has 1 aliphatic carbocycles. The fourth-order valence-electron chi connectivity index (χ4n) is 3.29. The molecule has 0 aromatic heterocycles. The molecule has 0 aliphatic heterocycles. The van der Waals surface area contributed by atoms with Gasteiger partial charge >= 0.3 is 5.97 Å². The summed E-state index contributed by atoms with van der Waals surface area (Å²) in [7, 11) is -3.74. The molecule has 150 valence electrons. The van der Waals surface area contributed by atoms with Crippen molar-refractivity contribution in [3.05, 3.63) is 29.3 Å². The van der Waals surface area contributed by atoms with Crippen molar-refractivity contribution in [1.29, 1.82) is 0 Å². The highest BCUT2D eigenvalue weighted by molar-refractivity contribution is 7.89. The molecule has 2 rings (SSSR count). The highest BCUT2D eigenvalue weighted by Crippen LogP contribution is 2.23. The van der Waals surface area contributed by atoms with Crippen LogP contribution in [-0.2, 0) is 14.8 Å². The van der Waals surface area contributed by atoms with Crippen LogP contribution in [0.15, 0.2) is 23.1 Å². The Morgan fingerprint density at radius 2 is 1.85 bits per heavy atom. The van der Waals surface area contributed by atoms with Crippen LogP contribution in [0.5, 0.6) is 0 Å². The summed E-state index contributed by atoms with van der Waals surface area (Å²) in [5, 5.41) is 11.8. The highest BCUT2D eigenvalue weighted by atomic mass is 32.2. The van der Waals surface area contributed by atoms with Gasteiger partial charge in [0.2, 0.25) is 10.0 Å². The lowest BCUT2D eigenvalue weighted by Gasteiger charge is -2.18. The number of hydrogen-bond acceptors (Lipinski definition) is 4. The Morgan fingerprint density at radius 3 is 2.41 bits per heavy atom. The summed E-state index contributed by atoms with van der Waals surface area (Å²) in [5.41, 5.74) is 0.663. The molecule has 7 nitrogen and oxygen atoms in total. The normalized spacial score (nSPS) is 16.4. The molecule has 1 atom stereocenters. The van der Waals surface area contributed by atoms with Gasteiger partial charge in [-0.3, -0.25) is 4.79 Å². The molecule has 0 heterocycles. The number of carbonyl (C=O) groups is 2. The summed E-state index contributed by atoms with van der Waals surface area (Å²) < 4.78 is 28.2. The second-order valence-electron chi connectivity index (χ2n) is 7.58. The number of carboxylic acid groups (broad SMARTS) is 1. The first-order valence-electron chi connectivity index (χ1n) is 9.27. The molecular weight excluding hydrogens is 368 g/mol. The number of hydrogen-bond donors (Lipinski definition) is 3. The Labute approximate surface area is 160 Å². The van der Waals surface area contributed by atoms with E-state index in [4.69, 9.17) is 0 Å². The second kappa shape index (κ2) is 8.84. The molecule has 0 spiro atoms. The second-order valence-corrected chi connectivity index (χ2v) is 9.26. The Bertz CT molecular complexity index is 798. The number of sulfonamides is 1. The van der Waals surface area contributed by atoms with Gasteiger partial charge in [0.25, 0.3) is 5.91 Å². The van der Waals surface area contributed by atoms with Gasteiger partial charge < -0.3 is 10.4 Å². The molecule has 1 aliphatic rings. The first-order valence-corrected chi connectivity index (χ1v) is 10.7. The summed E-state index contributed by atoms with van der Waals surface area (Å²) in [5.74, 6) is -1.61. The third-order valence-electron chi connectivity index (χ3n) is 4.73. The van der Waals surface area contributed by atoms with E-state index in [2.05, 4.69) is 10.0 Å². The maximum absolute atomic E-state index is 12.7. The average molecular weight is 397 g/mol. The van der Waals surface area contributed by atoms with Gasteiger partial charge in [0, 0.05) is 11.6 Å². The van der Waals surface area contributed by atoms with Gasteiger partial charge in [-0.1, -0.05) is 32.8 Å².